The van der Waals surface area contributed by atoms with Gasteiger partial charge in [0.1, 0.15) is 0 Å². The third-order valence-electron chi connectivity index (χ3n) is 32.7. The zero-order valence-corrected chi connectivity index (χ0v) is 78.0. The smallest absolute Gasteiger partial charge is 0.235 e. The first kappa shape index (κ1) is 76.0. The first-order valence-electron chi connectivity index (χ1n) is 47.8. The number of para-hydroxylation sites is 3. The van der Waals surface area contributed by atoms with Gasteiger partial charge >= 0.3 is 0 Å². The van der Waals surface area contributed by atoms with Crippen molar-refractivity contribution in [3.63, 3.8) is 0 Å². The van der Waals surface area contributed by atoms with E-state index in [0.29, 0.717) is 23.8 Å². The van der Waals surface area contributed by atoms with E-state index in [1.54, 1.807) is 0 Å². The Morgan fingerprint density at radius 2 is 0.745 bits per heavy atom. The van der Waals surface area contributed by atoms with Crippen molar-refractivity contribution in [2.75, 3.05) is 0 Å². The summed E-state index contributed by atoms with van der Waals surface area (Å²) in [7, 11) is 0. The van der Waals surface area contributed by atoms with E-state index in [1.807, 2.05) is 35.3 Å². The number of benzene rings is 19. The van der Waals surface area contributed by atoms with Gasteiger partial charge in [0.05, 0.1) is 66.7 Å². The standard InChI is InChI=1S/C125H79N9S3/c1-123(2)89-52-49-71-68(35-23-36-76(71)110(89)112-90(123)53-54-99-111(112)79-31-13-19-40-98(79)132(99)120-126-93-37-24-44-105-113(93)117(129-120)80-32-14-20-41-102(80)135-105)67-57-95-115-107(59-67)137-104-43-22-16-34-82(104)119(115)131-122(128-95)133-96-38-17-11-27-73(96)84-60-86-91(62-100(84)133)124(3,4)88-51-50-72-77(108(86)88)48-47-64-45-46-65(55-83(64)72)66-56-94-114-106(58-66)136-103-42-21-15-33-81(103)118(114)130-121(127-94)134-97-39-18-12-28-74(97)85-61-87-92(63-101(85)134)125(5,6)116-78-30-10-8-26-70(78)69-25-7-9-29-75(69)109(87)116/h7-48,50-51,53-63,89,110H,49,52H2,1-6H3. The number of hydrogen-bond acceptors (Lipinski definition) is 9. The molecule has 0 fully saturated rings. The Balaban J connectivity index is 0.526. The second kappa shape index (κ2) is 26.7. The molecule has 0 saturated heterocycles. The van der Waals surface area contributed by atoms with Gasteiger partial charge in [-0.3, -0.25) is 13.7 Å². The maximum absolute atomic E-state index is 5.92. The van der Waals surface area contributed by atoms with Crippen LogP contribution in [0.25, 0.3) is 237 Å². The summed E-state index contributed by atoms with van der Waals surface area (Å²) in [5.41, 5.74) is 35.9. The monoisotopic (exact) mass is 1800 g/mol. The predicted octanol–water partition coefficient (Wildman–Crippen LogP) is 32.7. The van der Waals surface area contributed by atoms with Crippen LogP contribution in [0.3, 0.4) is 0 Å². The molecule has 19 aromatic carbocycles. The Hall–Kier alpha value is -15.3. The van der Waals surface area contributed by atoms with Crippen LogP contribution in [0.15, 0.2) is 363 Å². The lowest BCUT2D eigenvalue weighted by Crippen LogP contribution is -2.30. The van der Waals surface area contributed by atoms with Crippen LogP contribution in [0.1, 0.15) is 98.4 Å². The van der Waals surface area contributed by atoms with Crippen LogP contribution in [0, 0.1) is 5.92 Å². The molecule has 32 rings (SSSR count). The molecule has 2 atom stereocenters. The summed E-state index contributed by atoms with van der Waals surface area (Å²) < 4.78 is 7.10. The molecule has 0 bridgehead atoms. The van der Waals surface area contributed by atoms with Gasteiger partial charge in [0.2, 0.25) is 17.8 Å². The van der Waals surface area contributed by atoms with E-state index >= 15 is 0 Å². The summed E-state index contributed by atoms with van der Waals surface area (Å²) in [4.78, 5) is 41.6. The van der Waals surface area contributed by atoms with E-state index in [9.17, 15) is 0 Å². The zero-order chi connectivity index (χ0) is 90.0. The Labute approximate surface area is 800 Å². The SMILES string of the molecule is CC1(C)c2cc3c(cc2-c2c1ccc1c2ccc2ccc(-c4cc5c6c(nc(-n7c8ccccc8c8cc9c(cc87)C(C)(C)c7c-9c8ccccc8c8ccccc78)nc6c4)-c4ccccc4S5)cc21)c1ccccc1n3-c1nc2c3c(cc(-c4cccc5c4CCC4C5c5c(ccc6c5c5ccccc5n6-c5nc6c7c(cccc7n5)Sc5ccccc5-6)C4(C)C)cc3n1)Sc1ccccc1-2. The molecule has 0 saturated carbocycles. The molecule has 3 aliphatic heterocycles. The van der Waals surface area contributed by atoms with Gasteiger partial charge in [-0.1, -0.05) is 301 Å². The number of rotatable bonds is 5. The minimum Gasteiger partial charge on any atom is -0.278 e. The molecule has 2 unspecified atom stereocenters. The highest BCUT2D eigenvalue weighted by Crippen LogP contribution is 2.64. The first-order chi connectivity index (χ1) is 67.2. The van der Waals surface area contributed by atoms with E-state index in [1.165, 1.54) is 172 Å². The third kappa shape index (κ3) is 9.93. The number of fused-ring (bicyclic) bond motifs is 36. The van der Waals surface area contributed by atoms with E-state index in [0.717, 1.165) is 134 Å². The van der Waals surface area contributed by atoms with E-state index in [2.05, 4.69) is 389 Å². The Morgan fingerprint density at radius 3 is 1.39 bits per heavy atom. The van der Waals surface area contributed by atoms with Crippen LogP contribution in [-0.2, 0) is 22.7 Å². The molecule has 6 aromatic heterocycles. The lowest BCUT2D eigenvalue weighted by molar-refractivity contribution is 0.291. The summed E-state index contributed by atoms with van der Waals surface area (Å²) in [5.74, 6) is 2.55. The molecule has 0 spiro atoms. The van der Waals surface area contributed by atoms with Crippen molar-refractivity contribution in [3.8, 4) is 96.1 Å². The molecule has 4 aliphatic carbocycles. The average molecular weight is 1800 g/mol. The maximum Gasteiger partial charge on any atom is 0.235 e. The van der Waals surface area contributed by atoms with Crippen molar-refractivity contribution in [1.29, 1.82) is 0 Å². The summed E-state index contributed by atoms with van der Waals surface area (Å²) in [5, 5.41) is 20.6. The molecule has 0 N–H and O–H groups in total. The number of nitrogens with zero attached hydrogens (tertiary/aromatic N) is 9. The molecule has 25 aromatic rings. The van der Waals surface area contributed by atoms with Gasteiger partial charge in [0, 0.05) is 111 Å². The number of hydrogen-bond donors (Lipinski definition) is 0. The Kier molecular flexibility index (Phi) is 14.8. The highest BCUT2D eigenvalue weighted by Gasteiger charge is 2.51. The highest BCUT2D eigenvalue weighted by molar-refractivity contribution is 8.00. The molecular formula is C125H79N9S3. The fourth-order valence-electron chi connectivity index (χ4n) is 26.7. The van der Waals surface area contributed by atoms with Gasteiger partial charge in [0.25, 0.3) is 0 Å². The quantitative estimate of drug-likeness (QED) is 0.156. The van der Waals surface area contributed by atoms with Crippen LogP contribution < -0.4 is 0 Å². The van der Waals surface area contributed by atoms with Crippen molar-refractivity contribution < 1.29 is 0 Å². The van der Waals surface area contributed by atoms with Gasteiger partial charge < -0.3 is 0 Å². The molecule has 9 nitrogen and oxygen atoms in total. The molecule has 0 radical (unpaired) electrons. The van der Waals surface area contributed by atoms with Crippen molar-refractivity contribution in [1.82, 2.24) is 43.6 Å². The minimum atomic E-state index is -0.369. The van der Waals surface area contributed by atoms with E-state index in [4.69, 9.17) is 29.9 Å². The summed E-state index contributed by atoms with van der Waals surface area (Å²) >= 11 is 5.48. The zero-order valence-electron chi connectivity index (χ0n) is 75.6. The van der Waals surface area contributed by atoms with Crippen LogP contribution >= 0.6 is 35.3 Å². The van der Waals surface area contributed by atoms with Crippen molar-refractivity contribution in [3.05, 3.63) is 378 Å². The fraction of sp³-hybridized carbons (Fsp3) is 0.104. The molecule has 642 valence electrons. The molecule has 137 heavy (non-hydrogen) atoms. The average Bonchev–Trinajstić information content (AvgIpc) is 1.52. The number of aromatic nitrogens is 9. The second-order valence-electron chi connectivity index (χ2n) is 40.5. The van der Waals surface area contributed by atoms with Crippen molar-refractivity contribution in [2.45, 2.75) is 106 Å². The lowest BCUT2D eigenvalue weighted by atomic mass is 9.66. The Morgan fingerprint density at radius 1 is 0.277 bits per heavy atom. The van der Waals surface area contributed by atoms with Gasteiger partial charge in [-0.05, 0) is 265 Å². The second-order valence-corrected chi connectivity index (χ2v) is 43.8. The summed E-state index contributed by atoms with van der Waals surface area (Å²) in [6.07, 6.45) is 2.03. The largest absolute Gasteiger partial charge is 0.278 e. The van der Waals surface area contributed by atoms with Crippen molar-refractivity contribution >= 4 is 177 Å². The van der Waals surface area contributed by atoms with Crippen LogP contribution in [-0.4, -0.2) is 43.6 Å². The molecule has 7 aliphatic rings. The molecule has 0 amide bonds. The first-order valence-corrected chi connectivity index (χ1v) is 50.3. The maximum atomic E-state index is 5.92. The predicted molar refractivity (Wildman–Crippen MR) is 567 cm³/mol. The molecular weight excluding hydrogens is 1720 g/mol. The van der Waals surface area contributed by atoms with Crippen LogP contribution in [0.5, 0.6) is 0 Å². The normalized spacial score (nSPS) is 16.1. The third-order valence-corrected chi connectivity index (χ3v) is 36.1. The summed E-state index contributed by atoms with van der Waals surface area (Å²) in [6.45, 7) is 14.7. The van der Waals surface area contributed by atoms with Crippen LogP contribution in [0.4, 0.5) is 0 Å². The van der Waals surface area contributed by atoms with Gasteiger partial charge in [-0.25, -0.2) is 29.9 Å². The highest BCUT2D eigenvalue weighted by atomic mass is 32.2. The summed E-state index contributed by atoms with van der Waals surface area (Å²) in [6, 6.07) is 126. The minimum absolute atomic E-state index is 0.0986. The Bertz CT molecular complexity index is 10100. The molecule has 9 heterocycles. The van der Waals surface area contributed by atoms with Crippen molar-refractivity contribution in [2.24, 2.45) is 5.92 Å². The van der Waals surface area contributed by atoms with Gasteiger partial charge in [-0.2, -0.15) is 0 Å². The van der Waals surface area contributed by atoms with E-state index < -0.39 is 0 Å². The van der Waals surface area contributed by atoms with E-state index in [-0.39, 0.29) is 22.2 Å². The van der Waals surface area contributed by atoms with Gasteiger partial charge in [-0.15, -0.1) is 0 Å². The fourth-order valence-corrected chi connectivity index (χ4v) is 30.1. The lowest BCUT2D eigenvalue weighted by Gasteiger charge is -2.37. The molecule has 12 heteroatoms. The van der Waals surface area contributed by atoms with Crippen LogP contribution in [0.2, 0.25) is 0 Å². The van der Waals surface area contributed by atoms with Gasteiger partial charge in [0.15, 0.2) is 0 Å². The topological polar surface area (TPSA) is 92.1 Å².